The fourth-order valence-electron chi connectivity index (χ4n) is 1.95. The van der Waals surface area contributed by atoms with Crippen molar-refractivity contribution in [2.45, 2.75) is 0 Å². The van der Waals surface area contributed by atoms with E-state index in [-0.39, 0.29) is 0 Å². The summed E-state index contributed by atoms with van der Waals surface area (Å²) in [7, 11) is 3.16. The van der Waals surface area contributed by atoms with Gasteiger partial charge in [0.25, 0.3) is 0 Å². The van der Waals surface area contributed by atoms with Gasteiger partial charge in [0, 0.05) is 17.4 Å². The molecule has 0 aliphatic carbocycles. The number of amides is 1. The molecule has 0 saturated heterocycles. The molecule has 0 aromatic heterocycles. The molecule has 4 N–H and O–H groups in total. The zero-order valence-electron chi connectivity index (χ0n) is 13.3. The van der Waals surface area contributed by atoms with E-state index in [1.165, 1.54) is 0 Å². The van der Waals surface area contributed by atoms with Crippen LogP contribution in [0.1, 0.15) is 0 Å². The highest BCUT2D eigenvalue weighted by atomic mass is 32.1. The lowest BCUT2D eigenvalue weighted by atomic mass is 10.2. The van der Waals surface area contributed by atoms with Crippen LogP contribution in [-0.2, 0) is 4.79 Å². The highest BCUT2D eigenvalue weighted by Crippen LogP contribution is 2.27. The molecule has 0 heterocycles. The quantitative estimate of drug-likeness (QED) is 0.348. The zero-order chi connectivity index (χ0) is 17.4. The summed E-state index contributed by atoms with van der Waals surface area (Å²) in [6.45, 7) is 0. The first-order valence-electron chi connectivity index (χ1n) is 7.01. The largest absolute Gasteiger partial charge is 0.497 e. The minimum absolute atomic E-state index is 0.439. The highest BCUT2D eigenvalue weighted by molar-refractivity contribution is 7.80. The third-order valence-electron chi connectivity index (χ3n) is 3.07. The molecule has 7 nitrogen and oxygen atoms in total. The van der Waals surface area contributed by atoms with Gasteiger partial charge >= 0.3 is 0 Å². The van der Waals surface area contributed by atoms with Crippen LogP contribution in [0, 0.1) is 0 Å². The van der Waals surface area contributed by atoms with Crippen LogP contribution >= 0.6 is 12.2 Å². The maximum atomic E-state index is 10.3. The predicted octanol–water partition coefficient (Wildman–Crippen LogP) is 2.59. The van der Waals surface area contributed by atoms with Crippen molar-refractivity contribution >= 4 is 40.8 Å². The summed E-state index contributed by atoms with van der Waals surface area (Å²) < 4.78 is 10.4. The van der Waals surface area contributed by atoms with Crippen molar-refractivity contribution < 1.29 is 14.3 Å². The van der Waals surface area contributed by atoms with Gasteiger partial charge in [0.15, 0.2) is 5.11 Å². The molecular formula is C16H18N4O3S. The van der Waals surface area contributed by atoms with E-state index in [2.05, 4.69) is 21.5 Å². The monoisotopic (exact) mass is 346 g/mol. The lowest BCUT2D eigenvalue weighted by molar-refractivity contribution is -0.109. The normalized spacial score (nSPS) is 9.58. The molecule has 126 valence electrons. The molecule has 2 aromatic rings. The maximum Gasteiger partial charge on any atom is 0.225 e. The number of benzene rings is 2. The molecule has 2 rings (SSSR count). The Morgan fingerprint density at radius 1 is 1.00 bits per heavy atom. The Labute approximate surface area is 145 Å². The topological polar surface area (TPSA) is 83.7 Å². The number of methoxy groups -OCH3 is 2. The van der Waals surface area contributed by atoms with Crippen molar-refractivity contribution in [1.82, 2.24) is 5.43 Å². The summed E-state index contributed by atoms with van der Waals surface area (Å²) in [5, 5.41) is 6.58. The molecule has 0 aliphatic heterocycles. The Balaban J connectivity index is 2.01. The van der Waals surface area contributed by atoms with Gasteiger partial charge in [-0.3, -0.25) is 15.6 Å². The molecule has 0 aliphatic rings. The van der Waals surface area contributed by atoms with Crippen molar-refractivity contribution in [3.8, 4) is 11.5 Å². The summed E-state index contributed by atoms with van der Waals surface area (Å²) in [4.78, 5) is 10.3. The second-order valence-corrected chi connectivity index (χ2v) is 5.02. The number of rotatable bonds is 7. The first-order valence-corrected chi connectivity index (χ1v) is 7.42. The van der Waals surface area contributed by atoms with Gasteiger partial charge in [-0.25, -0.2) is 0 Å². The van der Waals surface area contributed by atoms with E-state index in [0.717, 1.165) is 17.1 Å². The van der Waals surface area contributed by atoms with Crippen molar-refractivity contribution in [2.75, 3.05) is 30.3 Å². The summed E-state index contributed by atoms with van der Waals surface area (Å²) in [5.74, 6) is 1.33. The molecule has 0 unspecified atom stereocenters. The van der Waals surface area contributed by atoms with E-state index in [4.69, 9.17) is 21.7 Å². The average Bonchev–Trinajstić information content (AvgIpc) is 2.61. The first kappa shape index (κ1) is 17.4. The van der Waals surface area contributed by atoms with Crippen LogP contribution in [0.3, 0.4) is 0 Å². The van der Waals surface area contributed by atoms with Gasteiger partial charge in [-0.2, -0.15) is 0 Å². The van der Waals surface area contributed by atoms with Crippen LogP contribution in [0.4, 0.5) is 17.1 Å². The minimum atomic E-state index is 0.439. The Kier molecular flexibility index (Phi) is 6.21. The third kappa shape index (κ3) is 4.75. The van der Waals surface area contributed by atoms with E-state index in [9.17, 15) is 4.79 Å². The number of thiocarbonyl (C=S) groups is 1. The van der Waals surface area contributed by atoms with E-state index < -0.39 is 0 Å². The summed E-state index contributed by atoms with van der Waals surface area (Å²) >= 11 is 5.29. The van der Waals surface area contributed by atoms with Gasteiger partial charge in [-0.1, -0.05) is 0 Å². The fraction of sp³-hybridized carbons (Fsp3) is 0.125. The molecule has 0 spiro atoms. The molecule has 24 heavy (non-hydrogen) atoms. The van der Waals surface area contributed by atoms with Crippen molar-refractivity contribution in [2.24, 2.45) is 0 Å². The van der Waals surface area contributed by atoms with Crippen molar-refractivity contribution in [3.63, 3.8) is 0 Å². The lowest BCUT2D eigenvalue weighted by Crippen LogP contribution is -2.20. The number of anilines is 3. The number of hydrogen-bond donors (Lipinski definition) is 4. The Bertz CT molecular complexity index is 707. The van der Waals surface area contributed by atoms with Crippen LogP contribution in [0.25, 0.3) is 0 Å². The Morgan fingerprint density at radius 3 is 2.29 bits per heavy atom. The van der Waals surface area contributed by atoms with E-state index >= 15 is 0 Å². The predicted molar refractivity (Wildman–Crippen MR) is 98.7 cm³/mol. The van der Waals surface area contributed by atoms with Crippen molar-refractivity contribution in [3.05, 3.63) is 42.5 Å². The second kappa shape index (κ2) is 8.59. The molecular weight excluding hydrogens is 328 g/mol. The van der Waals surface area contributed by atoms with Crippen LogP contribution in [0.15, 0.2) is 42.5 Å². The minimum Gasteiger partial charge on any atom is -0.497 e. The zero-order valence-corrected chi connectivity index (χ0v) is 14.1. The third-order valence-corrected chi connectivity index (χ3v) is 3.28. The Morgan fingerprint density at radius 2 is 1.67 bits per heavy atom. The molecule has 0 saturated carbocycles. The van der Waals surface area contributed by atoms with Gasteiger partial charge in [-0.05, 0) is 48.6 Å². The standard InChI is InChI=1S/C16H18N4O3S/c1-22-13-6-3-11(4-7-13)18-16(24)19-12-5-8-14(20-17-10-21)15(9-12)23-2/h3-10,20H,1-2H3,(H,17,21)(H2,18,19,24). The van der Waals surface area contributed by atoms with E-state index in [1.54, 1.807) is 32.4 Å². The van der Waals surface area contributed by atoms with Gasteiger partial charge in [0.05, 0.1) is 19.9 Å². The number of ether oxygens (including phenoxy) is 2. The summed E-state index contributed by atoms with van der Waals surface area (Å²) in [5.41, 5.74) is 7.29. The SMILES string of the molecule is COc1ccc(NC(=S)Nc2ccc(NNC=O)c(OC)c2)cc1. The molecule has 2 aromatic carbocycles. The fourth-order valence-corrected chi connectivity index (χ4v) is 2.18. The highest BCUT2D eigenvalue weighted by Gasteiger charge is 2.06. The van der Waals surface area contributed by atoms with Crippen LogP contribution in [0.5, 0.6) is 11.5 Å². The number of hydrazine groups is 1. The van der Waals surface area contributed by atoms with Gasteiger partial charge < -0.3 is 20.1 Å². The van der Waals surface area contributed by atoms with Gasteiger partial charge in [0.2, 0.25) is 6.41 Å². The number of hydrogen-bond acceptors (Lipinski definition) is 5. The van der Waals surface area contributed by atoms with Crippen LogP contribution in [-0.4, -0.2) is 25.7 Å². The van der Waals surface area contributed by atoms with E-state index in [1.807, 2.05) is 24.3 Å². The van der Waals surface area contributed by atoms with Crippen LogP contribution < -0.4 is 31.0 Å². The van der Waals surface area contributed by atoms with Crippen molar-refractivity contribution in [1.29, 1.82) is 0 Å². The molecule has 0 atom stereocenters. The molecule has 0 bridgehead atoms. The first-order chi connectivity index (χ1) is 11.7. The second-order valence-electron chi connectivity index (χ2n) is 4.61. The smallest absolute Gasteiger partial charge is 0.225 e. The lowest BCUT2D eigenvalue weighted by Gasteiger charge is -2.14. The molecule has 0 radical (unpaired) electrons. The summed E-state index contributed by atoms with van der Waals surface area (Å²) in [6.07, 6.45) is 0.541. The maximum absolute atomic E-state index is 10.3. The molecule has 0 fully saturated rings. The van der Waals surface area contributed by atoms with Crippen LogP contribution in [0.2, 0.25) is 0 Å². The van der Waals surface area contributed by atoms with Gasteiger partial charge in [0.1, 0.15) is 11.5 Å². The number of carbonyl (C=O) groups is 1. The molecule has 8 heteroatoms. The van der Waals surface area contributed by atoms with E-state index in [0.29, 0.717) is 23.0 Å². The number of nitrogens with one attached hydrogen (secondary N) is 4. The van der Waals surface area contributed by atoms with Gasteiger partial charge in [-0.15, -0.1) is 0 Å². The number of carbonyl (C=O) groups excluding carboxylic acids is 1. The Hall–Kier alpha value is -3.00. The summed E-state index contributed by atoms with van der Waals surface area (Å²) in [6, 6.07) is 12.7. The average molecular weight is 346 g/mol. The molecule has 1 amide bonds.